The van der Waals surface area contributed by atoms with Crippen LogP contribution in [0.15, 0.2) is 41.8 Å². The second-order valence-corrected chi connectivity index (χ2v) is 8.82. The highest BCUT2D eigenvalue weighted by molar-refractivity contribution is 7.89. The molecule has 3 rings (SSSR count). The van der Waals surface area contributed by atoms with Gasteiger partial charge in [0.1, 0.15) is 18.2 Å². The van der Waals surface area contributed by atoms with Gasteiger partial charge in [0.05, 0.1) is 12.4 Å². The standard InChI is InChI=1S/C18H24FN3O3S/c1-14(2)10-21-11-18(20-13-21)26(23,24)22-9-3-4-16(22)12-25-17-7-5-15(19)6-8-17/h5-8,11,13-14,16H,3-4,9-10,12H2,1-2H3. The number of aromatic nitrogens is 2. The van der Waals surface area contributed by atoms with Crippen LogP contribution in [-0.2, 0) is 16.6 Å². The zero-order valence-corrected chi connectivity index (χ0v) is 15.8. The minimum atomic E-state index is -3.65. The molecule has 0 saturated carbocycles. The van der Waals surface area contributed by atoms with Crippen LogP contribution in [0.4, 0.5) is 4.39 Å². The molecule has 1 saturated heterocycles. The number of benzene rings is 1. The molecular formula is C18H24FN3O3S. The molecule has 0 spiro atoms. The van der Waals surface area contributed by atoms with E-state index in [4.69, 9.17) is 4.74 Å². The van der Waals surface area contributed by atoms with E-state index in [0.29, 0.717) is 18.2 Å². The van der Waals surface area contributed by atoms with Crippen molar-refractivity contribution in [2.45, 2.75) is 44.3 Å². The van der Waals surface area contributed by atoms with Crippen molar-refractivity contribution >= 4 is 10.0 Å². The highest BCUT2D eigenvalue weighted by atomic mass is 32.2. The van der Waals surface area contributed by atoms with Crippen LogP contribution in [0.5, 0.6) is 5.75 Å². The Labute approximate surface area is 153 Å². The van der Waals surface area contributed by atoms with E-state index < -0.39 is 10.0 Å². The van der Waals surface area contributed by atoms with Gasteiger partial charge in [-0.3, -0.25) is 0 Å². The van der Waals surface area contributed by atoms with Crippen molar-refractivity contribution in [3.63, 3.8) is 0 Å². The van der Waals surface area contributed by atoms with Crippen LogP contribution in [0.3, 0.4) is 0 Å². The summed E-state index contributed by atoms with van der Waals surface area (Å²) in [5, 5.41) is 0.0758. The minimum absolute atomic E-state index is 0.0758. The number of nitrogens with zero attached hydrogens (tertiary/aromatic N) is 3. The lowest BCUT2D eigenvalue weighted by Gasteiger charge is -2.23. The first kappa shape index (κ1) is 18.8. The summed E-state index contributed by atoms with van der Waals surface area (Å²) in [6.07, 6.45) is 4.66. The summed E-state index contributed by atoms with van der Waals surface area (Å²) >= 11 is 0. The zero-order chi connectivity index (χ0) is 18.7. The Morgan fingerprint density at radius 1 is 1.31 bits per heavy atom. The quantitative estimate of drug-likeness (QED) is 0.740. The van der Waals surface area contributed by atoms with E-state index in [-0.39, 0.29) is 23.5 Å². The molecule has 0 N–H and O–H groups in total. The number of imidazole rings is 1. The fourth-order valence-corrected chi connectivity index (χ4v) is 4.75. The summed E-state index contributed by atoms with van der Waals surface area (Å²) in [4.78, 5) is 4.10. The van der Waals surface area contributed by atoms with Gasteiger partial charge in [-0.1, -0.05) is 13.8 Å². The van der Waals surface area contributed by atoms with Gasteiger partial charge in [0.15, 0.2) is 5.03 Å². The predicted octanol–water partition coefficient (Wildman–Crippen LogP) is 2.91. The van der Waals surface area contributed by atoms with Gasteiger partial charge >= 0.3 is 0 Å². The molecule has 1 aliphatic heterocycles. The number of rotatable bonds is 7. The van der Waals surface area contributed by atoms with Crippen molar-refractivity contribution in [1.82, 2.24) is 13.9 Å². The Balaban J connectivity index is 1.69. The Kier molecular flexibility index (Phi) is 5.62. The van der Waals surface area contributed by atoms with Gasteiger partial charge in [-0.25, -0.2) is 17.8 Å². The summed E-state index contributed by atoms with van der Waals surface area (Å²) in [5.74, 6) is 0.597. The molecule has 0 aliphatic carbocycles. The van der Waals surface area contributed by atoms with E-state index in [1.807, 2.05) is 0 Å². The first-order valence-corrected chi connectivity index (χ1v) is 10.2. The van der Waals surface area contributed by atoms with Gasteiger partial charge in [-0.15, -0.1) is 0 Å². The molecule has 1 atom stereocenters. The average Bonchev–Trinajstić information content (AvgIpc) is 3.23. The van der Waals surface area contributed by atoms with Gasteiger partial charge in [0, 0.05) is 19.3 Å². The number of hydrogen-bond acceptors (Lipinski definition) is 4. The molecule has 2 heterocycles. The highest BCUT2D eigenvalue weighted by Crippen LogP contribution is 2.26. The largest absolute Gasteiger partial charge is 0.492 e. The van der Waals surface area contributed by atoms with Gasteiger partial charge < -0.3 is 9.30 Å². The maximum atomic E-state index is 13.0. The summed E-state index contributed by atoms with van der Waals surface area (Å²) in [6, 6.07) is 5.47. The third-order valence-electron chi connectivity index (χ3n) is 4.34. The second kappa shape index (κ2) is 7.75. The molecule has 0 radical (unpaired) electrons. The van der Waals surface area contributed by atoms with Crippen molar-refractivity contribution in [3.05, 3.63) is 42.6 Å². The van der Waals surface area contributed by atoms with Crippen molar-refractivity contribution < 1.29 is 17.5 Å². The third kappa shape index (κ3) is 4.24. The van der Waals surface area contributed by atoms with Gasteiger partial charge in [-0.05, 0) is 43.0 Å². The maximum absolute atomic E-state index is 13.0. The Bertz CT molecular complexity index is 834. The molecule has 0 amide bonds. The molecule has 1 aromatic heterocycles. The van der Waals surface area contributed by atoms with E-state index in [0.717, 1.165) is 19.4 Å². The van der Waals surface area contributed by atoms with E-state index >= 15 is 0 Å². The zero-order valence-electron chi connectivity index (χ0n) is 15.0. The van der Waals surface area contributed by atoms with Crippen molar-refractivity contribution in [3.8, 4) is 5.75 Å². The number of hydrogen-bond donors (Lipinski definition) is 0. The van der Waals surface area contributed by atoms with Crippen molar-refractivity contribution in [2.75, 3.05) is 13.2 Å². The lowest BCUT2D eigenvalue weighted by atomic mass is 10.2. The van der Waals surface area contributed by atoms with Crippen LogP contribution in [0.1, 0.15) is 26.7 Å². The van der Waals surface area contributed by atoms with E-state index in [9.17, 15) is 12.8 Å². The number of ether oxygens (including phenoxy) is 1. The minimum Gasteiger partial charge on any atom is -0.492 e. The normalized spacial score (nSPS) is 18.5. The van der Waals surface area contributed by atoms with Crippen LogP contribution >= 0.6 is 0 Å². The van der Waals surface area contributed by atoms with E-state index in [1.54, 1.807) is 17.1 Å². The Morgan fingerprint density at radius 2 is 2.04 bits per heavy atom. The molecule has 8 heteroatoms. The molecule has 1 aromatic carbocycles. The summed E-state index contributed by atoms with van der Waals surface area (Å²) < 4.78 is 47.8. The van der Waals surface area contributed by atoms with Crippen LogP contribution in [0.25, 0.3) is 0 Å². The highest BCUT2D eigenvalue weighted by Gasteiger charge is 2.37. The smallest absolute Gasteiger partial charge is 0.262 e. The molecule has 26 heavy (non-hydrogen) atoms. The maximum Gasteiger partial charge on any atom is 0.262 e. The van der Waals surface area contributed by atoms with Gasteiger partial charge in [-0.2, -0.15) is 4.31 Å². The lowest BCUT2D eigenvalue weighted by Crippen LogP contribution is -2.39. The summed E-state index contributed by atoms with van der Waals surface area (Å²) in [5.41, 5.74) is 0. The van der Waals surface area contributed by atoms with Crippen molar-refractivity contribution in [1.29, 1.82) is 0 Å². The van der Waals surface area contributed by atoms with Gasteiger partial charge in [0.2, 0.25) is 0 Å². The molecule has 1 fully saturated rings. The number of halogens is 1. The lowest BCUT2D eigenvalue weighted by molar-refractivity contribution is 0.232. The first-order valence-electron chi connectivity index (χ1n) is 8.78. The Morgan fingerprint density at radius 3 is 2.73 bits per heavy atom. The first-order chi connectivity index (χ1) is 12.4. The number of sulfonamides is 1. The third-order valence-corrected chi connectivity index (χ3v) is 6.18. The van der Waals surface area contributed by atoms with Crippen LogP contribution in [0.2, 0.25) is 0 Å². The topological polar surface area (TPSA) is 64.4 Å². The van der Waals surface area contributed by atoms with Crippen molar-refractivity contribution in [2.24, 2.45) is 5.92 Å². The van der Waals surface area contributed by atoms with Crippen LogP contribution in [-0.4, -0.2) is 41.5 Å². The fourth-order valence-electron chi connectivity index (χ4n) is 3.13. The SMILES string of the molecule is CC(C)Cn1cnc(S(=O)(=O)N2CCCC2COc2ccc(F)cc2)c1. The fraction of sp³-hybridized carbons (Fsp3) is 0.500. The predicted molar refractivity (Wildman–Crippen MR) is 95.9 cm³/mol. The molecule has 142 valence electrons. The summed E-state index contributed by atoms with van der Waals surface area (Å²) in [7, 11) is -3.65. The molecule has 2 aromatic rings. The average molecular weight is 381 g/mol. The molecule has 1 unspecified atom stereocenters. The molecule has 1 aliphatic rings. The monoisotopic (exact) mass is 381 g/mol. The molecule has 0 bridgehead atoms. The molecule has 6 nitrogen and oxygen atoms in total. The van der Waals surface area contributed by atoms with Crippen LogP contribution < -0.4 is 4.74 Å². The van der Waals surface area contributed by atoms with Crippen LogP contribution in [0, 0.1) is 11.7 Å². The van der Waals surface area contributed by atoms with E-state index in [1.165, 1.54) is 28.6 Å². The summed E-state index contributed by atoms with van der Waals surface area (Å²) in [6.45, 7) is 5.54. The Hall–Kier alpha value is -1.93. The second-order valence-electron chi connectivity index (χ2n) is 6.98. The molecular weight excluding hydrogens is 357 g/mol. The van der Waals surface area contributed by atoms with Gasteiger partial charge in [0.25, 0.3) is 10.0 Å². The van der Waals surface area contributed by atoms with E-state index in [2.05, 4.69) is 18.8 Å².